The third-order valence-corrected chi connectivity index (χ3v) is 4.56. The first kappa shape index (κ1) is 14.6. The number of rotatable bonds is 6. The molecule has 0 aliphatic heterocycles. The van der Waals surface area contributed by atoms with Crippen molar-refractivity contribution in [1.82, 2.24) is 5.32 Å². The Morgan fingerprint density at radius 3 is 2.53 bits per heavy atom. The molecule has 0 fully saturated rings. The van der Waals surface area contributed by atoms with Gasteiger partial charge in [0.05, 0.1) is 0 Å². The molecule has 1 aliphatic carbocycles. The van der Waals surface area contributed by atoms with Gasteiger partial charge < -0.3 is 5.32 Å². The predicted molar refractivity (Wildman–Crippen MR) is 83.7 cm³/mol. The Labute approximate surface area is 118 Å². The van der Waals surface area contributed by atoms with Crippen molar-refractivity contribution in [2.45, 2.75) is 58.8 Å². The number of hydrogen-bond acceptors (Lipinski definition) is 1. The molecule has 1 aromatic rings. The van der Waals surface area contributed by atoms with Crippen molar-refractivity contribution in [2.24, 2.45) is 5.41 Å². The number of nitrogens with one attached hydrogen (secondary N) is 1. The number of aryl methyl sites for hydroxylation is 3. The van der Waals surface area contributed by atoms with Gasteiger partial charge in [0, 0.05) is 0 Å². The molecular weight excluding hydrogens is 230 g/mol. The third kappa shape index (κ3) is 4.35. The van der Waals surface area contributed by atoms with Crippen molar-refractivity contribution in [1.29, 1.82) is 0 Å². The summed E-state index contributed by atoms with van der Waals surface area (Å²) >= 11 is 0. The van der Waals surface area contributed by atoms with Gasteiger partial charge in [0.2, 0.25) is 0 Å². The zero-order chi connectivity index (χ0) is 13.7. The second-order valence-corrected chi connectivity index (χ2v) is 6.83. The molecule has 1 aromatic carbocycles. The quantitative estimate of drug-likeness (QED) is 0.810. The number of fused-ring (bicyclic) bond motifs is 1. The fourth-order valence-electron chi connectivity index (χ4n) is 3.01. The lowest BCUT2D eigenvalue weighted by Gasteiger charge is -2.25. The first-order valence-electron chi connectivity index (χ1n) is 7.86. The van der Waals surface area contributed by atoms with E-state index in [4.69, 9.17) is 0 Å². The Morgan fingerprint density at radius 1 is 1.05 bits per heavy atom. The second-order valence-electron chi connectivity index (χ2n) is 6.83. The van der Waals surface area contributed by atoms with Crippen LogP contribution in [0.1, 0.15) is 56.2 Å². The van der Waals surface area contributed by atoms with Crippen LogP contribution < -0.4 is 5.32 Å². The molecule has 1 nitrogen and oxygen atoms in total. The Hall–Kier alpha value is -0.820. The molecule has 0 bridgehead atoms. The predicted octanol–water partition coefficient (Wildman–Crippen LogP) is 4.13. The van der Waals surface area contributed by atoms with Crippen molar-refractivity contribution >= 4 is 0 Å². The summed E-state index contributed by atoms with van der Waals surface area (Å²) < 4.78 is 0. The van der Waals surface area contributed by atoms with Gasteiger partial charge in [-0.25, -0.2) is 0 Å². The molecule has 0 spiro atoms. The Kier molecular flexibility index (Phi) is 5.04. The van der Waals surface area contributed by atoms with Gasteiger partial charge in [0.15, 0.2) is 0 Å². The van der Waals surface area contributed by atoms with Crippen molar-refractivity contribution in [3.8, 4) is 0 Å². The van der Waals surface area contributed by atoms with E-state index >= 15 is 0 Å². The molecule has 0 amide bonds. The first-order valence-corrected chi connectivity index (χ1v) is 7.86. The van der Waals surface area contributed by atoms with E-state index in [-0.39, 0.29) is 0 Å². The van der Waals surface area contributed by atoms with Gasteiger partial charge in [-0.3, -0.25) is 0 Å². The van der Waals surface area contributed by atoms with E-state index in [2.05, 4.69) is 37.4 Å². The molecule has 1 aliphatic rings. The summed E-state index contributed by atoms with van der Waals surface area (Å²) in [5.74, 6) is 0. The average molecular weight is 259 g/mol. The first-order chi connectivity index (χ1) is 9.11. The van der Waals surface area contributed by atoms with Gasteiger partial charge in [0.1, 0.15) is 0 Å². The lowest BCUT2D eigenvalue weighted by atomic mass is 9.82. The van der Waals surface area contributed by atoms with Crippen LogP contribution in [0.25, 0.3) is 0 Å². The molecule has 2 rings (SSSR count). The van der Waals surface area contributed by atoms with E-state index in [9.17, 15) is 0 Å². The summed E-state index contributed by atoms with van der Waals surface area (Å²) in [6.45, 7) is 5.91. The summed E-state index contributed by atoms with van der Waals surface area (Å²) in [6.07, 6.45) is 9.12. The maximum Gasteiger partial charge on any atom is -0.00468 e. The maximum absolute atomic E-state index is 3.26. The van der Waals surface area contributed by atoms with Crippen LogP contribution >= 0.6 is 0 Å². The van der Waals surface area contributed by atoms with Crippen LogP contribution in [0.5, 0.6) is 0 Å². The smallest absolute Gasteiger partial charge is 0.00468 e. The standard InChI is InChI=1S/C18H29N/c1-18(2,12-13-19-3)11-10-15-8-9-16-6-4-5-7-17(16)14-15/h8-9,14,19H,4-7,10-13H2,1-3H3. The van der Waals surface area contributed by atoms with Crippen LogP contribution in [0, 0.1) is 5.41 Å². The molecule has 1 N–H and O–H groups in total. The summed E-state index contributed by atoms with van der Waals surface area (Å²) in [6, 6.07) is 7.21. The van der Waals surface area contributed by atoms with Crippen LogP contribution in [0.15, 0.2) is 18.2 Å². The van der Waals surface area contributed by atoms with E-state index in [1.165, 1.54) is 50.5 Å². The minimum absolute atomic E-state index is 0.443. The van der Waals surface area contributed by atoms with Crippen LogP contribution in [-0.2, 0) is 19.3 Å². The monoisotopic (exact) mass is 259 g/mol. The van der Waals surface area contributed by atoms with Crippen LogP contribution in [-0.4, -0.2) is 13.6 Å². The third-order valence-electron chi connectivity index (χ3n) is 4.56. The SMILES string of the molecule is CNCCC(C)(C)CCc1ccc2c(c1)CCCC2. The fourth-order valence-corrected chi connectivity index (χ4v) is 3.01. The average Bonchev–Trinajstić information content (AvgIpc) is 2.43. The highest BCUT2D eigenvalue weighted by molar-refractivity contribution is 5.33. The van der Waals surface area contributed by atoms with Gasteiger partial charge in [0.25, 0.3) is 0 Å². The highest BCUT2D eigenvalue weighted by Crippen LogP contribution is 2.28. The number of hydrogen-bond donors (Lipinski definition) is 1. The molecular formula is C18H29N. The van der Waals surface area contributed by atoms with Crippen LogP contribution in [0.3, 0.4) is 0 Å². The second kappa shape index (κ2) is 6.56. The van der Waals surface area contributed by atoms with Gasteiger partial charge >= 0.3 is 0 Å². The summed E-state index contributed by atoms with van der Waals surface area (Å²) in [5, 5.41) is 3.26. The van der Waals surface area contributed by atoms with Gasteiger partial charge in [-0.05, 0) is 80.6 Å². The zero-order valence-electron chi connectivity index (χ0n) is 12.9. The van der Waals surface area contributed by atoms with Crippen molar-refractivity contribution < 1.29 is 0 Å². The van der Waals surface area contributed by atoms with E-state index in [0.717, 1.165) is 6.54 Å². The Bertz CT molecular complexity index is 406. The lowest BCUT2D eigenvalue weighted by Crippen LogP contribution is -2.20. The summed E-state index contributed by atoms with van der Waals surface area (Å²) in [5.41, 5.74) is 5.21. The molecule has 1 heteroatoms. The molecule has 0 unspecified atom stereocenters. The molecule has 0 saturated carbocycles. The fraction of sp³-hybridized carbons (Fsp3) is 0.667. The molecule has 0 aromatic heterocycles. The minimum atomic E-state index is 0.443. The van der Waals surface area contributed by atoms with Crippen LogP contribution in [0.4, 0.5) is 0 Å². The normalized spacial score (nSPS) is 15.3. The van der Waals surface area contributed by atoms with E-state index < -0.39 is 0 Å². The topological polar surface area (TPSA) is 12.0 Å². The molecule has 19 heavy (non-hydrogen) atoms. The molecule has 0 atom stereocenters. The maximum atomic E-state index is 3.26. The van der Waals surface area contributed by atoms with E-state index in [1.807, 2.05) is 7.05 Å². The Balaban J connectivity index is 1.92. The van der Waals surface area contributed by atoms with Crippen molar-refractivity contribution in [2.75, 3.05) is 13.6 Å². The van der Waals surface area contributed by atoms with Gasteiger partial charge in [-0.15, -0.1) is 0 Å². The van der Waals surface area contributed by atoms with E-state index in [0.29, 0.717) is 5.41 Å². The Morgan fingerprint density at radius 2 is 1.79 bits per heavy atom. The summed E-state index contributed by atoms with van der Waals surface area (Å²) in [4.78, 5) is 0. The van der Waals surface area contributed by atoms with Crippen LogP contribution in [0.2, 0.25) is 0 Å². The molecule has 106 valence electrons. The lowest BCUT2D eigenvalue weighted by molar-refractivity contribution is 0.305. The molecule has 0 radical (unpaired) electrons. The number of benzene rings is 1. The van der Waals surface area contributed by atoms with Crippen molar-refractivity contribution in [3.05, 3.63) is 34.9 Å². The minimum Gasteiger partial charge on any atom is -0.320 e. The highest BCUT2D eigenvalue weighted by atomic mass is 14.8. The largest absolute Gasteiger partial charge is 0.320 e. The van der Waals surface area contributed by atoms with Gasteiger partial charge in [-0.2, -0.15) is 0 Å². The van der Waals surface area contributed by atoms with E-state index in [1.54, 1.807) is 11.1 Å². The zero-order valence-corrected chi connectivity index (χ0v) is 12.9. The molecule has 0 heterocycles. The highest BCUT2D eigenvalue weighted by Gasteiger charge is 2.17. The molecule has 0 saturated heterocycles. The van der Waals surface area contributed by atoms with Gasteiger partial charge in [-0.1, -0.05) is 32.0 Å². The van der Waals surface area contributed by atoms with Crippen molar-refractivity contribution in [3.63, 3.8) is 0 Å². The summed E-state index contributed by atoms with van der Waals surface area (Å²) in [7, 11) is 2.04.